The molecule has 3 aliphatic carbocycles. The number of carbonyl (C=O) groups excluding carboxylic acids is 1. The summed E-state index contributed by atoms with van der Waals surface area (Å²) in [6, 6.07) is 0.480. The van der Waals surface area contributed by atoms with Gasteiger partial charge in [0.2, 0.25) is 0 Å². The Morgan fingerprint density at radius 3 is 2.84 bits per heavy atom. The number of rotatable bonds is 4. The highest BCUT2D eigenvalue weighted by molar-refractivity contribution is 5.68. The van der Waals surface area contributed by atoms with Gasteiger partial charge in [-0.05, 0) is 48.9 Å². The van der Waals surface area contributed by atoms with Crippen molar-refractivity contribution in [1.82, 2.24) is 5.32 Å². The third kappa shape index (κ3) is 2.19. The first-order valence-corrected chi connectivity index (χ1v) is 7.68. The van der Waals surface area contributed by atoms with E-state index in [0.717, 1.165) is 6.42 Å². The molecule has 0 amide bonds. The van der Waals surface area contributed by atoms with E-state index >= 15 is 0 Å². The molecule has 7 unspecified atom stereocenters. The second kappa shape index (κ2) is 5.06. The van der Waals surface area contributed by atoms with Crippen molar-refractivity contribution in [3.05, 3.63) is 0 Å². The van der Waals surface area contributed by atoms with Gasteiger partial charge in [0, 0.05) is 12.5 Å². The lowest BCUT2D eigenvalue weighted by molar-refractivity contribution is -0.144. The van der Waals surface area contributed by atoms with Crippen molar-refractivity contribution >= 4 is 5.97 Å². The van der Waals surface area contributed by atoms with Gasteiger partial charge in [-0.3, -0.25) is 10.1 Å². The number of hydrogen-bond acceptors (Lipinski definition) is 4. The van der Waals surface area contributed by atoms with Crippen LogP contribution in [0.3, 0.4) is 0 Å². The standard InChI is InChI=1S/C15H25NO3/c1-3-13(17)19-7-16-12-6-9-5-10(12)11-4-8(2)15(18)14(9)11/h8-12,14-16,18H,3-7H2,1-2H3. The summed E-state index contributed by atoms with van der Waals surface area (Å²) in [4.78, 5) is 11.1. The minimum Gasteiger partial charge on any atom is -0.450 e. The fourth-order valence-electron chi connectivity index (χ4n) is 4.91. The number of hydrogen-bond donors (Lipinski definition) is 2. The van der Waals surface area contributed by atoms with Crippen LogP contribution in [0.25, 0.3) is 0 Å². The van der Waals surface area contributed by atoms with Crippen LogP contribution in [-0.2, 0) is 9.53 Å². The smallest absolute Gasteiger partial charge is 0.306 e. The first kappa shape index (κ1) is 13.4. The zero-order valence-electron chi connectivity index (χ0n) is 11.8. The Bertz CT molecular complexity index is 359. The van der Waals surface area contributed by atoms with Crippen molar-refractivity contribution in [2.75, 3.05) is 6.73 Å². The second-order valence-electron chi connectivity index (χ2n) is 6.66. The summed E-state index contributed by atoms with van der Waals surface area (Å²) < 4.78 is 5.11. The molecule has 7 atom stereocenters. The van der Waals surface area contributed by atoms with E-state index in [4.69, 9.17) is 4.74 Å². The van der Waals surface area contributed by atoms with Gasteiger partial charge in [0.25, 0.3) is 0 Å². The Morgan fingerprint density at radius 1 is 1.32 bits per heavy atom. The molecule has 0 spiro atoms. The number of fused-ring (bicyclic) bond motifs is 5. The molecule has 0 aromatic heterocycles. The van der Waals surface area contributed by atoms with E-state index in [1.165, 1.54) is 12.8 Å². The molecular formula is C15H25NO3. The van der Waals surface area contributed by atoms with Gasteiger partial charge in [-0.1, -0.05) is 13.8 Å². The maximum absolute atomic E-state index is 11.1. The molecule has 0 aromatic carbocycles. The van der Waals surface area contributed by atoms with Gasteiger partial charge in [-0.15, -0.1) is 0 Å². The van der Waals surface area contributed by atoms with Gasteiger partial charge in [0.15, 0.2) is 0 Å². The molecule has 0 heterocycles. The normalized spacial score (nSPS) is 47.4. The molecule has 0 saturated heterocycles. The quantitative estimate of drug-likeness (QED) is 0.599. The highest BCUT2D eigenvalue weighted by Crippen LogP contribution is 2.59. The first-order chi connectivity index (χ1) is 9.11. The predicted molar refractivity (Wildman–Crippen MR) is 71.2 cm³/mol. The maximum atomic E-state index is 11.1. The number of aliphatic hydroxyl groups is 1. The largest absolute Gasteiger partial charge is 0.450 e. The molecule has 0 aromatic rings. The van der Waals surface area contributed by atoms with E-state index in [1.54, 1.807) is 0 Å². The van der Waals surface area contributed by atoms with E-state index in [2.05, 4.69) is 12.2 Å². The van der Waals surface area contributed by atoms with E-state index in [-0.39, 0.29) is 12.1 Å². The number of esters is 1. The molecule has 4 heteroatoms. The van der Waals surface area contributed by atoms with Crippen LogP contribution < -0.4 is 5.32 Å². The Balaban J connectivity index is 1.54. The van der Waals surface area contributed by atoms with Crippen LogP contribution in [0.4, 0.5) is 0 Å². The number of nitrogens with one attached hydrogen (secondary N) is 1. The lowest BCUT2D eigenvalue weighted by Gasteiger charge is -2.33. The zero-order valence-corrected chi connectivity index (χ0v) is 11.8. The summed E-state index contributed by atoms with van der Waals surface area (Å²) in [6.07, 6.45) is 3.91. The molecule has 3 aliphatic rings. The predicted octanol–water partition coefficient (Wildman–Crippen LogP) is 1.53. The summed E-state index contributed by atoms with van der Waals surface area (Å²) in [5, 5.41) is 13.7. The van der Waals surface area contributed by atoms with Crippen LogP contribution in [0.2, 0.25) is 0 Å². The minimum atomic E-state index is -0.140. The third-order valence-electron chi connectivity index (χ3n) is 5.73. The lowest BCUT2D eigenvalue weighted by atomic mass is 9.78. The van der Waals surface area contributed by atoms with Gasteiger partial charge in [0.05, 0.1) is 6.10 Å². The van der Waals surface area contributed by atoms with Crippen molar-refractivity contribution in [3.63, 3.8) is 0 Å². The van der Waals surface area contributed by atoms with E-state index in [9.17, 15) is 9.90 Å². The number of aliphatic hydroxyl groups excluding tert-OH is 1. The monoisotopic (exact) mass is 267 g/mol. The number of ether oxygens (including phenoxy) is 1. The molecule has 3 rings (SSSR count). The molecule has 19 heavy (non-hydrogen) atoms. The topological polar surface area (TPSA) is 58.6 Å². The number of carbonyl (C=O) groups is 1. The lowest BCUT2D eigenvalue weighted by Crippen LogP contribution is -2.42. The van der Waals surface area contributed by atoms with E-state index < -0.39 is 0 Å². The molecule has 108 valence electrons. The fourth-order valence-corrected chi connectivity index (χ4v) is 4.91. The van der Waals surface area contributed by atoms with Crippen molar-refractivity contribution in [3.8, 4) is 0 Å². The summed E-state index contributed by atoms with van der Waals surface area (Å²) >= 11 is 0. The third-order valence-corrected chi connectivity index (χ3v) is 5.73. The average molecular weight is 267 g/mol. The Kier molecular flexibility index (Phi) is 3.56. The maximum Gasteiger partial charge on any atom is 0.306 e. The summed E-state index contributed by atoms with van der Waals surface area (Å²) in [5.41, 5.74) is 0. The van der Waals surface area contributed by atoms with Crippen LogP contribution in [0.5, 0.6) is 0 Å². The van der Waals surface area contributed by atoms with Crippen molar-refractivity contribution in [2.24, 2.45) is 29.6 Å². The summed E-state index contributed by atoms with van der Waals surface area (Å²) in [7, 11) is 0. The fraction of sp³-hybridized carbons (Fsp3) is 0.933. The molecule has 3 fully saturated rings. The van der Waals surface area contributed by atoms with Gasteiger partial charge < -0.3 is 9.84 Å². The van der Waals surface area contributed by atoms with Gasteiger partial charge in [-0.2, -0.15) is 0 Å². The molecular weight excluding hydrogens is 242 g/mol. The van der Waals surface area contributed by atoms with Crippen molar-refractivity contribution in [1.29, 1.82) is 0 Å². The van der Waals surface area contributed by atoms with Gasteiger partial charge in [0.1, 0.15) is 6.73 Å². The van der Waals surface area contributed by atoms with Gasteiger partial charge >= 0.3 is 5.97 Å². The second-order valence-corrected chi connectivity index (χ2v) is 6.66. The van der Waals surface area contributed by atoms with Crippen LogP contribution in [0.15, 0.2) is 0 Å². The summed E-state index contributed by atoms with van der Waals surface area (Å²) in [5.74, 6) is 2.89. The first-order valence-electron chi connectivity index (χ1n) is 7.68. The van der Waals surface area contributed by atoms with Crippen LogP contribution in [0, 0.1) is 29.6 Å². The Morgan fingerprint density at radius 2 is 2.11 bits per heavy atom. The Hall–Kier alpha value is -0.610. The van der Waals surface area contributed by atoms with Crippen molar-refractivity contribution in [2.45, 2.75) is 51.7 Å². The zero-order chi connectivity index (χ0) is 13.6. The minimum absolute atomic E-state index is 0.0844. The van der Waals surface area contributed by atoms with Crippen LogP contribution in [0.1, 0.15) is 39.5 Å². The average Bonchev–Trinajstić information content (AvgIpc) is 3.02. The molecule has 2 bridgehead atoms. The van der Waals surface area contributed by atoms with Crippen LogP contribution >= 0.6 is 0 Å². The highest BCUT2D eigenvalue weighted by Gasteiger charge is 2.58. The molecule has 4 nitrogen and oxygen atoms in total. The Labute approximate surface area is 114 Å². The molecule has 0 aliphatic heterocycles. The molecule has 2 N–H and O–H groups in total. The van der Waals surface area contributed by atoms with Crippen molar-refractivity contribution < 1.29 is 14.6 Å². The van der Waals surface area contributed by atoms with E-state index in [0.29, 0.717) is 48.8 Å². The van der Waals surface area contributed by atoms with Gasteiger partial charge in [-0.25, -0.2) is 0 Å². The molecule has 3 saturated carbocycles. The highest BCUT2D eigenvalue weighted by atomic mass is 16.5. The molecule has 0 radical (unpaired) electrons. The van der Waals surface area contributed by atoms with Crippen LogP contribution in [-0.4, -0.2) is 30.0 Å². The SMILES string of the molecule is CCC(=O)OCNC1CC2CC1C1CC(C)C(O)C21. The van der Waals surface area contributed by atoms with E-state index in [1.807, 2.05) is 6.92 Å². The summed E-state index contributed by atoms with van der Waals surface area (Å²) in [6.45, 7) is 4.33.